The van der Waals surface area contributed by atoms with Gasteiger partial charge in [0.1, 0.15) is 11.6 Å². The lowest BCUT2D eigenvalue weighted by Crippen LogP contribution is -2.25. The Hall–Kier alpha value is -2.37. The van der Waals surface area contributed by atoms with Crippen LogP contribution in [0.4, 0.5) is 5.82 Å². The standard InChI is InChI=1S/C13H17N5O/c1-14-11-5-4-10(9-18-11)13(19)17-6-2-3-12-15-7-8-16-12/h4-5,7-9H,2-3,6H2,1H3,(H,14,18)(H,15,16)(H,17,19). The summed E-state index contributed by atoms with van der Waals surface area (Å²) in [6.07, 6.45) is 6.75. The summed E-state index contributed by atoms with van der Waals surface area (Å²) in [7, 11) is 1.79. The van der Waals surface area contributed by atoms with Crippen molar-refractivity contribution in [3.63, 3.8) is 0 Å². The van der Waals surface area contributed by atoms with E-state index in [0.717, 1.165) is 24.5 Å². The van der Waals surface area contributed by atoms with Crippen molar-refractivity contribution in [1.82, 2.24) is 20.3 Å². The fourth-order valence-corrected chi connectivity index (χ4v) is 1.67. The van der Waals surface area contributed by atoms with E-state index in [1.54, 1.807) is 37.8 Å². The van der Waals surface area contributed by atoms with Crippen LogP contribution in [-0.2, 0) is 6.42 Å². The summed E-state index contributed by atoms with van der Waals surface area (Å²) < 4.78 is 0. The number of hydrogen-bond acceptors (Lipinski definition) is 4. The van der Waals surface area contributed by atoms with Crippen LogP contribution in [0, 0.1) is 0 Å². The van der Waals surface area contributed by atoms with Gasteiger partial charge in [0.2, 0.25) is 0 Å². The highest BCUT2D eigenvalue weighted by Crippen LogP contribution is 2.03. The fraction of sp³-hybridized carbons (Fsp3) is 0.308. The number of hydrogen-bond donors (Lipinski definition) is 3. The van der Waals surface area contributed by atoms with Crippen LogP contribution in [0.5, 0.6) is 0 Å². The Bertz CT molecular complexity index is 506. The summed E-state index contributed by atoms with van der Waals surface area (Å²) in [6.45, 7) is 0.618. The van der Waals surface area contributed by atoms with Gasteiger partial charge in [-0.2, -0.15) is 0 Å². The smallest absolute Gasteiger partial charge is 0.252 e. The maximum absolute atomic E-state index is 11.8. The molecular formula is C13H17N5O. The van der Waals surface area contributed by atoms with Crippen LogP contribution < -0.4 is 10.6 Å². The Labute approximate surface area is 111 Å². The summed E-state index contributed by atoms with van der Waals surface area (Å²) in [4.78, 5) is 23.1. The number of pyridine rings is 1. The molecule has 0 bridgehead atoms. The number of H-pyrrole nitrogens is 1. The highest BCUT2D eigenvalue weighted by Gasteiger charge is 2.05. The van der Waals surface area contributed by atoms with Crippen molar-refractivity contribution in [1.29, 1.82) is 0 Å². The lowest BCUT2D eigenvalue weighted by Gasteiger charge is -2.05. The van der Waals surface area contributed by atoms with E-state index in [2.05, 4.69) is 25.6 Å². The number of nitrogens with zero attached hydrogens (tertiary/aromatic N) is 2. The predicted octanol–water partition coefficient (Wildman–Crippen LogP) is 1.21. The summed E-state index contributed by atoms with van der Waals surface area (Å²) >= 11 is 0. The SMILES string of the molecule is CNc1ccc(C(=O)NCCCc2ncc[nH]2)cn1. The maximum Gasteiger partial charge on any atom is 0.252 e. The van der Waals surface area contributed by atoms with Gasteiger partial charge in [-0.15, -0.1) is 0 Å². The summed E-state index contributed by atoms with van der Waals surface area (Å²) in [5, 5.41) is 5.77. The number of aromatic amines is 1. The molecule has 0 aliphatic carbocycles. The molecule has 3 N–H and O–H groups in total. The zero-order valence-electron chi connectivity index (χ0n) is 10.8. The molecule has 0 saturated heterocycles. The van der Waals surface area contributed by atoms with E-state index in [4.69, 9.17) is 0 Å². The topological polar surface area (TPSA) is 82.7 Å². The summed E-state index contributed by atoms with van der Waals surface area (Å²) in [6, 6.07) is 3.53. The number of aryl methyl sites for hydroxylation is 1. The first-order chi connectivity index (χ1) is 9.29. The fourth-order valence-electron chi connectivity index (χ4n) is 1.67. The Morgan fingerprint density at radius 2 is 2.26 bits per heavy atom. The zero-order valence-corrected chi connectivity index (χ0v) is 10.8. The van der Waals surface area contributed by atoms with Crippen molar-refractivity contribution in [3.8, 4) is 0 Å². The van der Waals surface area contributed by atoms with Crippen molar-refractivity contribution in [3.05, 3.63) is 42.1 Å². The minimum absolute atomic E-state index is 0.102. The van der Waals surface area contributed by atoms with E-state index in [9.17, 15) is 4.79 Å². The number of carbonyl (C=O) groups is 1. The van der Waals surface area contributed by atoms with Crippen LogP contribution in [0.2, 0.25) is 0 Å². The normalized spacial score (nSPS) is 10.2. The molecule has 2 aromatic rings. The van der Waals surface area contributed by atoms with Gasteiger partial charge in [0.05, 0.1) is 5.56 Å². The van der Waals surface area contributed by atoms with Gasteiger partial charge in [-0.25, -0.2) is 9.97 Å². The van der Waals surface area contributed by atoms with Gasteiger partial charge in [0.25, 0.3) is 5.91 Å². The van der Waals surface area contributed by atoms with E-state index in [1.807, 2.05) is 0 Å². The molecule has 0 spiro atoms. The average molecular weight is 259 g/mol. The van der Waals surface area contributed by atoms with E-state index in [-0.39, 0.29) is 5.91 Å². The lowest BCUT2D eigenvalue weighted by molar-refractivity contribution is 0.0953. The first kappa shape index (κ1) is 13.1. The van der Waals surface area contributed by atoms with Crippen molar-refractivity contribution in [2.45, 2.75) is 12.8 Å². The Kier molecular flexibility index (Phi) is 4.49. The van der Waals surface area contributed by atoms with E-state index >= 15 is 0 Å². The van der Waals surface area contributed by atoms with Gasteiger partial charge >= 0.3 is 0 Å². The predicted molar refractivity (Wildman–Crippen MR) is 73.0 cm³/mol. The second kappa shape index (κ2) is 6.53. The second-order valence-corrected chi connectivity index (χ2v) is 4.08. The Morgan fingerprint density at radius 1 is 1.37 bits per heavy atom. The largest absolute Gasteiger partial charge is 0.373 e. The number of carbonyl (C=O) groups excluding carboxylic acids is 1. The Morgan fingerprint density at radius 3 is 2.89 bits per heavy atom. The first-order valence-corrected chi connectivity index (χ1v) is 6.20. The average Bonchev–Trinajstić information content (AvgIpc) is 2.96. The van der Waals surface area contributed by atoms with Crippen LogP contribution >= 0.6 is 0 Å². The maximum atomic E-state index is 11.8. The third kappa shape index (κ3) is 3.80. The molecule has 2 rings (SSSR count). The van der Waals surface area contributed by atoms with Crippen molar-refractivity contribution >= 4 is 11.7 Å². The highest BCUT2D eigenvalue weighted by atomic mass is 16.1. The quantitative estimate of drug-likeness (QED) is 0.681. The Balaban J connectivity index is 1.74. The molecule has 0 aromatic carbocycles. The van der Waals surface area contributed by atoms with Gasteiger partial charge in [-0.1, -0.05) is 0 Å². The number of imidazole rings is 1. The van der Waals surface area contributed by atoms with Crippen LogP contribution in [0.3, 0.4) is 0 Å². The van der Waals surface area contributed by atoms with E-state index in [0.29, 0.717) is 12.1 Å². The molecule has 0 aliphatic heterocycles. The first-order valence-electron chi connectivity index (χ1n) is 6.20. The minimum Gasteiger partial charge on any atom is -0.373 e. The molecule has 19 heavy (non-hydrogen) atoms. The van der Waals surface area contributed by atoms with Gasteiger partial charge in [0, 0.05) is 38.6 Å². The second-order valence-electron chi connectivity index (χ2n) is 4.08. The molecule has 0 atom stereocenters. The molecule has 0 saturated carbocycles. The van der Waals surface area contributed by atoms with Gasteiger partial charge in [-0.3, -0.25) is 4.79 Å². The molecule has 0 fully saturated rings. The summed E-state index contributed by atoms with van der Waals surface area (Å²) in [5.74, 6) is 1.58. The van der Waals surface area contributed by atoms with Gasteiger partial charge in [-0.05, 0) is 18.6 Å². The molecule has 6 heteroatoms. The molecule has 0 aliphatic rings. The molecule has 2 aromatic heterocycles. The molecule has 0 radical (unpaired) electrons. The zero-order chi connectivity index (χ0) is 13.5. The van der Waals surface area contributed by atoms with Gasteiger partial charge < -0.3 is 15.6 Å². The minimum atomic E-state index is -0.102. The van der Waals surface area contributed by atoms with Crippen molar-refractivity contribution < 1.29 is 4.79 Å². The molecule has 1 amide bonds. The number of aromatic nitrogens is 3. The number of rotatable bonds is 6. The monoisotopic (exact) mass is 259 g/mol. The molecular weight excluding hydrogens is 242 g/mol. The molecule has 100 valence electrons. The van der Waals surface area contributed by atoms with Gasteiger partial charge in [0.15, 0.2) is 0 Å². The van der Waals surface area contributed by atoms with Crippen LogP contribution in [-0.4, -0.2) is 34.5 Å². The van der Waals surface area contributed by atoms with E-state index in [1.165, 1.54) is 0 Å². The third-order valence-corrected chi connectivity index (χ3v) is 2.71. The van der Waals surface area contributed by atoms with Crippen molar-refractivity contribution in [2.75, 3.05) is 18.9 Å². The molecule has 0 unspecified atom stereocenters. The van der Waals surface area contributed by atoms with Crippen molar-refractivity contribution in [2.24, 2.45) is 0 Å². The van der Waals surface area contributed by atoms with E-state index < -0.39 is 0 Å². The number of nitrogens with one attached hydrogen (secondary N) is 3. The molecule has 6 nitrogen and oxygen atoms in total. The third-order valence-electron chi connectivity index (χ3n) is 2.71. The van der Waals surface area contributed by atoms with Crippen LogP contribution in [0.15, 0.2) is 30.7 Å². The van der Waals surface area contributed by atoms with Crippen LogP contribution in [0.25, 0.3) is 0 Å². The number of anilines is 1. The highest BCUT2D eigenvalue weighted by molar-refractivity contribution is 5.93. The lowest BCUT2D eigenvalue weighted by atomic mass is 10.2. The number of amides is 1. The summed E-state index contributed by atoms with van der Waals surface area (Å²) in [5.41, 5.74) is 0.567. The van der Waals surface area contributed by atoms with Crippen LogP contribution in [0.1, 0.15) is 22.6 Å². The molecule has 2 heterocycles.